The highest BCUT2D eigenvalue weighted by Crippen LogP contribution is 2.19. The first-order valence-electron chi connectivity index (χ1n) is 4.84. The van der Waals surface area contributed by atoms with E-state index in [0.29, 0.717) is 13.0 Å². The maximum atomic E-state index is 11.4. The summed E-state index contributed by atoms with van der Waals surface area (Å²) < 4.78 is 5.00. The van der Waals surface area contributed by atoms with Crippen LogP contribution >= 0.6 is 0 Å². The van der Waals surface area contributed by atoms with E-state index in [2.05, 4.69) is 5.32 Å². The number of carbonyl (C=O) groups excluding carboxylic acids is 1. The molecule has 1 aliphatic rings. The van der Waals surface area contributed by atoms with Crippen molar-refractivity contribution in [3.05, 3.63) is 0 Å². The summed E-state index contributed by atoms with van der Waals surface area (Å²) in [6.45, 7) is 2.07. The second-order valence-corrected chi connectivity index (χ2v) is 3.92. The standard InChI is InChI=1S/C9H16N2O4/c1-6(10)4-7(12)11-9(8(13)14)2-3-15-5-9/h6H,2-5,10H2,1H3,(H,11,12)(H,13,14). The zero-order chi connectivity index (χ0) is 11.5. The van der Waals surface area contributed by atoms with Crippen molar-refractivity contribution >= 4 is 11.9 Å². The Bertz CT molecular complexity index is 259. The Hall–Kier alpha value is -1.14. The number of carboxylic acids is 1. The van der Waals surface area contributed by atoms with Gasteiger partial charge in [0.1, 0.15) is 0 Å². The summed E-state index contributed by atoms with van der Waals surface area (Å²) in [4.78, 5) is 22.4. The van der Waals surface area contributed by atoms with Gasteiger partial charge in [0.2, 0.25) is 5.91 Å². The van der Waals surface area contributed by atoms with E-state index in [1.165, 1.54) is 0 Å². The Labute approximate surface area is 87.8 Å². The number of carboxylic acid groups (broad SMARTS) is 1. The molecule has 0 spiro atoms. The van der Waals surface area contributed by atoms with E-state index in [4.69, 9.17) is 15.6 Å². The van der Waals surface area contributed by atoms with Crippen LogP contribution in [0.4, 0.5) is 0 Å². The van der Waals surface area contributed by atoms with Crippen molar-refractivity contribution < 1.29 is 19.4 Å². The van der Waals surface area contributed by atoms with Crippen LogP contribution in [0.15, 0.2) is 0 Å². The van der Waals surface area contributed by atoms with Gasteiger partial charge in [-0.15, -0.1) is 0 Å². The third-order valence-corrected chi connectivity index (χ3v) is 2.32. The van der Waals surface area contributed by atoms with E-state index < -0.39 is 11.5 Å². The monoisotopic (exact) mass is 216 g/mol. The van der Waals surface area contributed by atoms with Crippen LogP contribution in [0, 0.1) is 0 Å². The second kappa shape index (κ2) is 4.59. The first kappa shape index (κ1) is 11.9. The number of nitrogens with one attached hydrogen (secondary N) is 1. The number of aliphatic carboxylic acids is 1. The molecule has 86 valence electrons. The number of ether oxygens (including phenoxy) is 1. The van der Waals surface area contributed by atoms with E-state index in [9.17, 15) is 9.59 Å². The fourth-order valence-electron chi connectivity index (χ4n) is 1.50. The summed E-state index contributed by atoms with van der Waals surface area (Å²) >= 11 is 0. The average molecular weight is 216 g/mol. The van der Waals surface area contributed by atoms with Crippen LogP contribution in [0.3, 0.4) is 0 Å². The Balaban J connectivity index is 2.59. The average Bonchev–Trinajstić information content (AvgIpc) is 2.52. The fourth-order valence-corrected chi connectivity index (χ4v) is 1.50. The van der Waals surface area contributed by atoms with Gasteiger partial charge < -0.3 is 20.9 Å². The Kier molecular flexibility index (Phi) is 3.65. The van der Waals surface area contributed by atoms with Gasteiger partial charge in [-0.05, 0) is 6.92 Å². The minimum atomic E-state index is -1.26. The lowest BCUT2D eigenvalue weighted by atomic mass is 9.98. The first-order valence-corrected chi connectivity index (χ1v) is 4.84. The summed E-state index contributed by atoms with van der Waals surface area (Å²) in [6, 6.07) is -0.279. The van der Waals surface area contributed by atoms with Gasteiger partial charge in [0, 0.05) is 25.5 Å². The summed E-state index contributed by atoms with van der Waals surface area (Å²) in [5.74, 6) is -1.41. The van der Waals surface area contributed by atoms with Crippen molar-refractivity contribution in [2.45, 2.75) is 31.3 Å². The molecule has 6 nitrogen and oxygen atoms in total. The molecule has 1 aliphatic heterocycles. The Morgan fingerprint density at radius 2 is 2.33 bits per heavy atom. The molecule has 6 heteroatoms. The van der Waals surface area contributed by atoms with Crippen LogP contribution < -0.4 is 11.1 Å². The molecule has 0 aromatic rings. The molecular formula is C9H16N2O4. The van der Waals surface area contributed by atoms with Crippen LogP contribution in [0.1, 0.15) is 19.8 Å². The van der Waals surface area contributed by atoms with Crippen molar-refractivity contribution in [2.24, 2.45) is 5.73 Å². The lowest BCUT2D eigenvalue weighted by Gasteiger charge is -2.24. The van der Waals surface area contributed by atoms with Gasteiger partial charge in [-0.3, -0.25) is 4.79 Å². The minimum Gasteiger partial charge on any atom is -0.479 e. The lowest BCUT2D eigenvalue weighted by Crippen LogP contribution is -2.55. The van der Waals surface area contributed by atoms with Gasteiger partial charge >= 0.3 is 5.97 Å². The van der Waals surface area contributed by atoms with Gasteiger partial charge in [-0.1, -0.05) is 0 Å². The van der Waals surface area contributed by atoms with E-state index in [0.717, 1.165) is 0 Å². The van der Waals surface area contributed by atoms with E-state index in [-0.39, 0.29) is 25.0 Å². The predicted molar refractivity (Wildman–Crippen MR) is 52.2 cm³/mol. The number of nitrogens with two attached hydrogens (primary N) is 1. The van der Waals surface area contributed by atoms with Gasteiger partial charge in [0.25, 0.3) is 0 Å². The topological polar surface area (TPSA) is 102 Å². The molecule has 1 saturated heterocycles. The predicted octanol–water partition coefficient (Wildman–Crippen LogP) is -0.916. The van der Waals surface area contributed by atoms with Crippen LogP contribution in [0.25, 0.3) is 0 Å². The fraction of sp³-hybridized carbons (Fsp3) is 0.778. The van der Waals surface area contributed by atoms with Gasteiger partial charge in [-0.25, -0.2) is 4.79 Å². The number of hydrogen-bond acceptors (Lipinski definition) is 4. The zero-order valence-corrected chi connectivity index (χ0v) is 8.66. The molecule has 0 radical (unpaired) electrons. The van der Waals surface area contributed by atoms with E-state index in [1.54, 1.807) is 6.92 Å². The molecule has 1 fully saturated rings. The zero-order valence-electron chi connectivity index (χ0n) is 8.66. The third-order valence-electron chi connectivity index (χ3n) is 2.32. The van der Waals surface area contributed by atoms with Crippen molar-refractivity contribution in [3.63, 3.8) is 0 Å². The molecule has 0 aromatic heterocycles. The highest BCUT2D eigenvalue weighted by molar-refractivity contribution is 5.87. The number of rotatable bonds is 4. The quantitative estimate of drug-likeness (QED) is 0.564. The summed E-state index contributed by atoms with van der Waals surface area (Å²) in [5.41, 5.74) is 4.19. The van der Waals surface area contributed by atoms with Gasteiger partial charge in [0.05, 0.1) is 6.61 Å². The van der Waals surface area contributed by atoms with Crippen molar-refractivity contribution in [2.75, 3.05) is 13.2 Å². The molecule has 2 atom stereocenters. The summed E-state index contributed by atoms with van der Waals surface area (Å²) in [7, 11) is 0. The maximum absolute atomic E-state index is 11.4. The molecule has 0 aliphatic carbocycles. The van der Waals surface area contributed by atoms with Crippen LogP contribution in [-0.2, 0) is 14.3 Å². The SMILES string of the molecule is CC(N)CC(=O)NC1(C(=O)O)CCOC1. The van der Waals surface area contributed by atoms with Crippen molar-refractivity contribution in [1.82, 2.24) is 5.32 Å². The number of hydrogen-bond donors (Lipinski definition) is 3. The van der Waals surface area contributed by atoms with Crippen LogP contribution in [-0.4, -0.2) is 41.8 Å². The highest BCUT2D eigenvalue weighted by atomic mass is 16.5. The summed E-state index contributed by atoms with van der Waals surface area (Å²) in [6.07, 6.45) is 0.419. The summed E-state index contributed by atoms with van der Waals surface area (Å²) in [5, 5.41) is 11.5. The molecule has 15 heavy (non-hydrogen) atoms. The van der Waals surface area contributed by atoms with E-state index >= 15 is 0 Å². The van der Waals surface area contributed by atoms with Crippen molar-refractivity contribution in [3.8, 4) is 0 Å². The third kappa shape index (κ3) is 2.90. The smallest absolute Gasteiger partial charge is 0.331 e. The van der Waals surface area contributed by atoms with Gasteiger partial charge in [0.15, 0.2) is 5.54 Å². The largest absolute Gasteiger partial charge is 0.479 e. The normalized spacial score (nSPS) is 27.3. The molecule has 1 amide bonds. The lowest BCUT2D eigenvalue weighted by molar-refractivity contribution is -0.147. The Morgan fingerprint density at radius 3 is 2.73 bits per heavy atom. The van der Waals surface area contributed by atoms with Crippen LogP contribution in [0.5, 0.6) is 0 Å². The highest BCUT2D eigenvalue weighted by Gasteiger charge is 2.43. The Morgan fingerprint density at radius 1 is 1.67 bits per heavy atom. The van der Waals surface area contributed by atoms with Gasteiger partial charge in [-0.2, -0.15) is 0 Å². The molecule has 1 heterocycles. The molecule has 0 aromatic carbocycles. The molecule has 1 rings (SSSR count). The molecule has 0 bridgehead atoms. The molecule has 2 unspecified atom stereocenters. The van der Waals surface area contributed by atoms with Crippen molar-refractivity contribution in [1.29, 1.82) is 0 Å². The van der Waals surface area contributed by atoms with Crippen LogP contribution in [0.2, 0.25) is 0 Å². The maximum Gasteiger partial charge on any atom is 0.331 e. The molecule has 0 saturated carbocycles. The molecule has 4 N–H and O–H groups in total. The number of amides is 1. The first-order chi connectivity index (χ1) is 6.96. The second-order valence-electron chi connectivity index (χ2n) is 3.92. The molecular weight excluding hydrogens is 200 g/mol. The minimum absolute atomic E-state index is 0.0209. The van der Waals surface area contributed by atoms with E-state index in [1.807, 2.05) is 0 Å². The number of carbonyl (C=O) groups is 2.